The van der Waals surface area contributed by atoms with Crippen molar-refractivity contribution in [3.05, 3.63) is 35.9 Å². The molecule has 1 aromatic rings. The van der Waals surface area contributed by atoms with Crippen molar-refractivity contribution >= 4 is 10.0 Å². The van der Waals surface area contributed by atoms with Gasteiger partial charge >= 0.3 is 0 Å². The van der Waals surface area contributed by atoms with Gasteiger partial charge in [0.05, 0.1) is 5.25 Å². The van der Waals surface area contributed by atoms with E-state index in [9.17, 15) is 8.42 Å². The van der Waals surface area contributed by atoms with Gasteiger partial charge in [-0.3, -0.25) is 0 Å². The Morgan fingerprint density at radius 3 is 2.35 bits per heavy atom. The number of benzene rings is 1. The maximum absolute atomic E-state index is 12.0. The van der Waals surface area contributed by atoms with Gasteiger partial charge in [0.25, 0.3) is 0 Å². The summed E-state index contributed by atoms with van der Waals surface area (Å²) in [5, 5.41) is 2.73. The van der Waals surface area contributed by atoms with Crippen molar-refractivity contribution in [2.24, 2.45) is 0 Å². The first-order valence-electron chi connectivity index (χ1n) is 7.17. The fourth-order valence-corrected chi connectivity index (χ4v) is 2.83. The van der Waals surface area contributed by atoms with Crippen LogP contribution in [-0.4, -0.2) is 32.8 Å². The van der Waals surface area contributed by atoms with Gasteiger partial charge in [0.1, 0.15) is 0 Å². The van der Waals surface area contributed by atoms with Gasteiger partial charge in [-0.1, -0.05) is 44.2 Å². The van der Waals surface area contributed by atoms with Crippen LogP contribution in [0, 0.1) is 0 Å². The molecule has 0 aliphatic heterocycles. The van der Waals surface area contributed by atoms with E-state index in [0.717, 1.165) is 12.8 Å². The quantitative estimate of drug-likeness (QED) is 0.685. The Labute approximate surface area is 123 Å². The molecule has 0 bridgehead atoms. The highest BCUT2D eigenvalue weighted by molar-refractivity contribution is 7.90. The van der Waals surface area contributed by atoms with E-state index in [-0.39, 0.29) is 0 Å². The van der Waals surface area contributed by atoms with Gasteiger partial charge in [0, 0.05) is 19.1 Å². The van der Waals surface area contributed by atoms with Crippen LogP contribution >= 0.6 is 0 Å². The smallest absolute Gasteiger partial charge is 0.215 e. The predicted octanol–water partition coefficient (Wildman–Crippen LogP) is 1.93. The molecule has 0 aromatic heterocycles. The van der Waals surface area contributed by atoms with Crippen LogP contribution in [0.1, 0.15) is 32.8 Å². The summed E-state index contributed by atoms with van der Waals surface area (Å²) < 4.78 is 26.7. The van der Waals surface area contributed by atoms with Crippen molar-refractivity contribution in [3.63, 3.8) is 0 Å². The first-order chi connectivity index (χ1) is 9.42. The molecule has 0 amide bonds. The summed E-state index contributed by atoms with van der Waals surface area (Å²) in [5.74, 6) is 0. The lowest BCUT2D eigenvalue weighted by atomic mass is 10.1. The molecule has 114 valence electrons. The lowest BCUT2D eigenvalue weighted by molar-refractivity contribution is 0.539. The zero-order valence-corrected chi connectivity index (χ0v) is 13.4. The molecule has 0 aliphatic rings. The van der Waals surface area contributed by atoms with Gasteiger partial charge < -0.3 is 5.32 Å². The van der Waals surface area contributed by atoms with E-state index in [2.05, 4.69) is 22.2 Å². The molecule has 1 rings (SSSR count). The molecule has 0 aliphatic carbocycles. The van der Waals surface area contributed by atoms with Crippen LogP contribution in [0.15, 0.2) is 30.3 Å². The summed E-state index contributed by atoms with van der Waals surface area (Å²) in [6, 6.07) is 10.4. The third kappa shape index (κ3) is 6.50. The molecule has 2 N–H and O–H groups in total. The van der Waals surface area contributed by atoms with Gasteiger partial charge in [0.2, 0.25) is 10.0 Å². The average molecular weight is 298 g/mol. The number of rotatable bonds is 9. The SMILES string of the molecule is CC(C)NCC(C)S(=O)(=O)NCCCc1ccccc1. The molecule has 4 nitrogen and oxygen atoms in total. The third-order valence-electron chi connectivity index (χ3n) is 3.13. The minimum absolute atomic E-state index is 0.297. The van der Waals surface area contributed by atoms with Crippen molar-refractivity contribution in [2.45, 2.75) is 44.9 Å². The molecule has 0 heterocycles. The Kier molecular flexibility index (Phi) is 7.19. The van der Waals surface area contributed by atoms with Crippen LogP contribution in [0.5, 0.6) is 0 Å². The predicted molar refractivity (Wildman–Crippen MR) is 84.3 cm³/mol. The first-order valence-corrected chi connectivity index (χ1v) is 8.72. The van der Waals surface area contributed by atoms with Crippen molar-refractivity contribution in [3.8, 4) is 0 Å². The summed E-state index contributed by atoms with van der Waals surface area (Å²) in [4.78, 5) is 0. The summed E-state index contributed by atoms with van der Waals surface area (Å²) in [6.45, 7) is 6.71. The standard InChI is InChI=1S/C15H26N2O2S/c1-13(2)16-12-14(3)20(18,19)17-11-7-10-15-8-5-4-6-9-15/h4-6,8-9,13-14,16-17H,7,10-12H2,1-3H3. The van der Waals surface area contributed by atoms with Crippen LogP contribution in [-0.2, 0) is 16.4 Å². The average Bonchev–Trinajstić information content (AvgIpc) is 2.42. The molecule has 0 saturated heterocycles. The highest BCUT2D eigenvalue weighted by Crippen LogP contribution is 2.03. The molecule has 1 unspecified atom stereocenters. The summed E-state index contributed by atoms with van der Waals surface area (Å²) >= 11 is 0. The second kappa shape index (κ2) is 8.39. The van der Waals surface area contributed by atoms with Crippen LogP contribution in [0.25, 0.3) is 0 Å². The largest absolute Gasteiger partial charge is 0.313 e. The van der Waals surface area contributed by atoms with E-state index < -0.39 is 15.3 Å². The van der Waals surface area contributed by atoms with E-state index >= 15 is 0 Å². The van der Waals surface area contributed by atoms with Crippen molar-refractivity contribution in [1.82, 2.24) is 10.0 Å². The van der Waals surface area contributed by atoms with Crippen molar-refractivity contribution in [1.29, 1.82) is 0 Å². The number of aryl methyl sites for hydroxylation is 1. The molecular formula is C15H26N2O2S. The highest BCUT2D eigenvalue weighted by Gasteiger charge is 2.19. The zero-order chi connectivity index (χ0) is 15.0. The minimum Gasteiger partial charge on any atom is -0.313 e. The topological polar surface area (TPSA) is 58.2 Å². The van der Waals surface area contributed by atoms with Crippen LogP contribution in [0.2, 0.25) is 0 Å². The Morgan fingerprint density at radius 2 is 1.75 bits per heavy atom. The Morgan fingerprint density at radius 1 is 1.10 bits per heavy atom. The summed E-state index contributed by atoms with van der Waals surface area (Å²) in [7, 11) is -3.22. The highest BCUT2D eigenvalue weighted by atomic mass is 32.2. The molecule has 1 atom stereocenters. The molecule has 1 aromatic carbocycles. The van der Waals surface area contributed by atoms with Crippen LogP contribution in [0.3, 0.4) is 0 Å². The Balaban J connectivity index is 2.29. The van der Waals surface area contributed by atoms with E-state index in [1.165, 1.54) is 5.56 Å². The number of nitrogens with one attached hydrogen (secondary N) is 2. The molecule has 0 saturated carbocycles. The third-order valence-corrected chi connectivity index (χ3v) is 4.96. The molecular weight excluding hydrogens is 272 g/mol. The molecule has 0 fully saturated rings. The van der Waals surface area contributed by atoms with Crippen molar-refractivity contribution < 1.29 is 8.42 Å². The lowest BCUT2D eigenvalue weighted by Crippen LogP contribution is -2.41. The van der Waals surface area contributed by atoms with E-state index in [4.69, 9.17) is 0 Å². The van der Waals surface area contributed by atoms with Gasteiger partial charge in [-0.05, 0) is 25.3 Å². The fourth-order valence-electron chi connectivity index (χ4n) is 1.81. The summed E-state index contributed by atoms with van der Waals surface area (Å²) in [6.07, 6.45) is 1.70. The van der Waals surface area contributed by atoms with E-state index in [1.54, 1.807) is 6.92 Å². The second-order valence-electron chi connectivity index (χ2n) is 5.40. The zero-order valence-electron chi connectivity index (χ0n) is 12.6. The second-order valence-corrected chi connectivity index (χ2v) is 7.59. The van der Waals surface area contributed by atoms with Gasteiger partial charge in [-0.15, -0.1) is 0 Å². The van der Waals surface area contributed by atoms with Crippen LogP contribution < -0.4 is 10.0 Å². The minimum atomic E-state index is -3.22. The van der Waals surface area contributed by atoms with E-state index in [1.807, 2.05) is 32.0 Å². The Hall–Kier alpha value is -0.910. The molecule has 20 heavy (non-hydrogen) atoms. The fraction of sp³-hybridized carbons (Fsp3) is 0.600. The number of sulfonamides is 1. The van der Waals surface area contributed by atoms with Crippen molar-refractivity contribution in [2.75, 3.05) is 13.1 Å². The molecule has 0 radical (unpaired) electrons. The maximum Gasteiger partial charge on any atom is 0.215 e. The van der Waals surface area contributed by atoms with Gasteiger partial charge in [-0.25, -0.2) is 13.1 Å². The Bertz CT molecular complexity index is 472. The normalized spacial score (nSPS) is 13.6. The van der Waals surface area contributed by atoms with Gasteiger partial charge in [0.15, 0.2) is 0 Å². The summed E-state index contributed by atoms with van der Waals surface area (Å²) in [5.41, 5.74) is 1.24. The molecule has 0 spiro atoms. The first kappa shape index (κ1) is 17.1. The van der Waals surface area contributed by atoms with Crippen LogP contribution in [0.4, 0.5) is 0 Å². The van der Waals surface area contributed by atoms with Gasteiger partial charge in [-0.2, -0.15) is 0 Å². The monoisotopic (exact) mass is 298 g/mol. The maximum atomic E-state index is 12.0. The lowest BCUT2D eigenvalue weighted by Gasteiger charge is -2.16. The molecule has 5 heteroatoms. The number of hydrogen-bond acceptors (Lipinski definition) is 3. The van der Waals surface area contributed by atoms with E-state index in [0.29, 0.717) is 19.1 Å². The number of hydrogen-bond donors (Lipinski definition) is 2.